The molecule has 0 aliphatic carbocycles. The molecule has 0 aliphatic rings. The first kappa shape index (κ1) is 14.9. The van der Waals surface area contributed by atoms with Crippen molar-refractivity contribution < 1.29 is 14.0 Å². The number of aromatic nitrogens is 1. The SMILES string of the molecule is CCC(=O)n1c(=O)oc2ccccc21.CCC(C)=O. The second-order valence-corrected chi connectivity index (χ2v) is 3.97. The van der Waals surface area contributed by atoms with E-state index in [2.05, 4.69) is 0 Å². The van der Waals surface area contributed by atoms with Gasteiger partial charge in [-0.1, -0.05) is 26.0 Å². The van der Waals surface area contributed by atoms with Gasteiger partial charge in [0.15, 0.2) is 5.58 Å². The molecule has 1 aromatic heterocycles. The van der Waals surface area contributed by atoms with Gasteiger partial charge in [-0.25, -0.2) is 9.36 Å². The van der Waals surface area contributed by atoms with Crippen LogP contribution in [0.2, 0.25) is 0 Å². The lowest BCUT2D eigenvalue weighted by Crippen LogP contribution is -2.21. The summed E-state index contributed by atoms with van der Waals surface area (Å²) in [6.45, 7) is 5.14. The Bertz CT molecular complexity index is 636. The van der Waals surface area contributed by atoms with E-state index in [0.29, 0.717) is 17.5 Å². The molecular formula is C14H17NO4. The van der Waals surface area contributed by atoms with E-state index in [1.807, 2.05) is 6.92 Å². The van der Waals surface area contributed by atoms with Crippen molar-refractivity contribution in [1.82, 2.24) is 4.57 Å². The highest BCUT2D eigenvalue weighted by Gasteiger charge is 2.13. The van der Waals surface area contributed by atoms with Gasteiger partial charge in [0, 0.05) is 12.8 Å². The smallest absolute Gasteiger partial charge is 0.407 e. The summed E-state index contributed by atoms with van der Waals surface area (Å²) in [6.07, 6.45) is 0.948. The maximum Gasteiger partial charge on any atom is 0.426 e. The van der Waals surface area contributed by atoms with Gasteiger partial charge >= 0.3 is 5.76 Å². The molecule has 2 aromatic rings. The van der Waals surface area contributed by atoms with Crippen LogP contribution in [-0.2, 0) is 4.79 Å². The van der Waals surface area contributed by atoms with Gasteiger partial charge in [0.1, 0.15) is 5.78 Å². The average Bonchev–Trinajstić information content (AvgIpc) is 2.74. The van der Waals surface area contributed by atoms with Gasteiger partial charge in [-0.05, 0) is 19.1 Å². The normalized spacial score (nSPS) is 9.84. The zero-order valence-corrected chi connectivity index (χ0v) is 11.3. The molecule has 5 nitrogen and oxygen atoms in total. The van der Waals surface area contributed by atoms with Crippen LogP contribution in [0.15, 0.2) is 33.5 Å². The molecule has 102 valence electrons. The van der Waals surface area contributed by atoms with Crippen molar-refractivity contribution in [3.8, 4) is 0 Å². The molecule has 19 heavy (non-hydrogen) atoms. The Morgan fingerprint density at radius 2 is 1.74 bits per heavy atom. The molecule has 0 spiro atoms. The number of ketones is 1. The molecule has 0 radical (unpaired) electrons. The quantitative estimate of drug-likeness (QED) is 0.835. The molecule has 0 amide bonds. The average molecular weight is 263 g/mol. The molecule has 0 N–H and O–H groups in total. The maximum absolute atomic E-state index is 11.4. The topological polar surface area (TPSA) is 69.3 Å². The summed E-state index contributed by atoms with van der Waals surface area (Å²) in [5, 5.41) is 0. The number of fused-ring (bicyclic) bond motifs is 1. The van der Waals surface area contributed by atoms with Crippen LogP contribution < -0.4 is 5.76 Å². The maximum atomic E-state index is 11.4. The van der Waals surface area contributed by atoms with Gasteiger partial charge in [-0.2, -0.15) is 0 Å². The zero-order valence-electron chi connectivity index (χ0n) is 11.3. The standard InChI is InChI=1S/C10H9NO3.C4H8O/c1-2-9(12)11-7-5-3-4-6-8(7)14-10(11)13;1-3-4(2)5/h3-6H,2H2,1H3;3H2,1-2H3. The van der Waals surface area contributed by atoms with Crippen LogP contribution in [0.25, 0.3) is 11.1 Å². The predicted octanol–water partition coefficient (Wildman–Crippen LogP) is 2.63. The number of rotatable bonds is 2. The Morgan fingerprint density at radius 3 is 2.26 bits per heavy atom. The Hall–Kier alpha value is -2.17. The van der Waals surface area contributed by atoms with Crippen molar-refractivity contribution in [2.24, 2.45) is 0 Å². The van der Waals surface area contributed by atoms with Gasteiger partial charge in [-0.15, -0.1) is 0 Å². The van der Waals surface area contributed by atoms with E-state index in [9.17, 15) is 14.4 Å². The van der Waals surface area contributed by atoms with Crippen molar-refractivity contribution in [3.63, 3.8) is 0 Å². The third kappa shape index (κ3) is 3.64. The van der Waals surface area contributed by atoms with Crippen LogP contribution in [0.5, 0.6) is 0 Å². The number of hydrogen-bond acceptors (Lipinski definition) is 4. The number of oxazole rings is 1. The lowest BCUT2D eigenvalue weighted by molar-refractivity contribution is -0.116. The first-order valence-electron chi connectivity index (χ1n) is 6.14. The van der Waals surface area contributed by atoms with Gasteiger partial charge < -0.3 is 9.21 Å². The predicted molar refractivity (Wildman–Crippen MR) is 72.4 cm³/mol. The Balaban J connectivity index is 0.000000312. The Labute approximate surface area is 110 Å². The van der Waals surface area contributed by atoms with Gasteiger partial charge in [0.05, 0.1) is 5.52 Å². The number of carbonyl (C=O) groups excluding carboxylic acids is 2. The summed E-state index contributed by atoms with van der Waals surface area (Å²) in [6, 6.07) is 6.87. The number of Topliss-reactive ketones (excluding diaryl/α,β-unsaturated/α-hetero) is 1. The van der Waals surface area contributed by atoms with Crippen LogP contribution in [0.4, 0.5) is 0 Å². The fourth-order valence-electron chi connectivity index (χ4n) is 1.36. The van der Waals surface area contributed by atoms with E-state index in [4.69, 9.17) is 4.42 Å². The highest BCUT2D eigenvalue weighted by atomic mass is 16.4. The summed E-state index contributed by atoms with van der Waals surface area (Å²) in [5.41, 5.74) is 0.976. The van der Waals surface area contributed by atoms with Crippen LogP contribution in [0, 0.1) is 0 Å². The summed E-state index contributed by atoms with van der Waals surface area (Å²) in [5.74, 6) is -0.608. The third-order valence-electron chi connectivity index (χ3n) is 2.54. The molecule has 0 unspecified atom stereocenters. The van der Waals surface area contributed by atoms with Crippen molar-refractivity contribution >= 4 is 22.8 Å². The second kappa shape index (κ2) is 6.68. The van der Waals surface area contributed by atoms with Crippen LogP contribution >= 0.6 is 0 Å². The first-order valence-corrected chi connectivity index (χ1v) is 6.14. The summed E-state index contributed by atoms with van der Waals surface area (Å²) in [4.78, 5) is 32.5. The molecule has 5 heteroatoms. The zero-order chi connectivity index (χ0) is 14.4. The number of carbonyl (C=O) groups is 2. The number of hydrogen-bond donors (Lipinski definition) is 0. The molecule has 2 rings (SSSR count). The van der Waals surface area contributed by atoms with Gasteiger partial charge in [0.25, 0.3) is 0 Å². The van der Waals surface area contributed by atoms with E-state index in [1.165, 1.54) is 0 Å². The highest BCUT2D eigenvalue weighted by Crippen LogP contribution is 2.11. The second-order valence-electron chi connectivity index (χ2n) is 3.97. The molecule has 1 heterocycles. The molecule has 0 bridgehead atoms. The lowest BCUT2D eigenvalue weighted by Gasteiger charge is -1.95. The molecule has 0 saturated carbocycles. The molecule has 1 aromatic carbocycles. The fraction of sp³-hybridized carbons (Fsp3) is 0.357. The van der Waals surface area contributed by atoms with Gasteiger partial charge in [-0.3, -0.25) is 4.79 Å². The molecule has 0 fully saturated rings. The summed E-state index contributed by atoms with van der Waals surface area (Å²) in [7, 11) is 0. The fourth-order valence-corrected chi connectivity index (χ4v) is 1.36. The first-order chi connectivity index (χ1) is 9.01. The van der Waals surface area contributed by atoms with Crippen LogP contribution in [-0.4, -0.2) is 16.3 Å². The van der Waals surface area contributed by atoms with E-state index < -0.39 is 5.76 Å². The van der Waals surface area contributed by atoms with Crippen molar-refractivity contribution in [2.75, 3.05) is 0 Å². The minimum absolute atomic E-state index is 0.250. The minimum atomic E-state index is -0.613. The largest absolute Gasteiger partial charge is 0.426 e. The van der Waals surface area contributed by atoms with Crippen LogP contribution in [0.3, 0.4) is 0 Å². The summed E-state index contributed by atoms with van der Waals surface area (Å²) >= 11 is 0. The number of benzene rings is 1. The van der Waals surface area contributed by atoms with E-state index >= 15 is 0 Å². The van der Waals surface area contributed by atoms with Crippen molar-refractivity contribution in [1.29, 1.82) is 0 Å². The Kier molecular flexibility index (Phi) is 5.23. The number of para-hydroxylation sites is 2. The molecule has 0 aliphatic heterocycles. The monoisotopic (exact) mass is 263 g/mol. The van der Waals surface area contributed by atoms with E-state index in [-0.39, 0.29) is 18.1 Å². The Morgan fingerprint density at radius 1 is 1.16 bits per heavy atom. The van der Waals surface area contributed by atoms with E-state index in [0.717, 1.165) is 4.57 Å². The van der Waals surface area contributed by atoms with Gasteiger partial charge in [0.2, 0.25) is 5.91 Å². The number of nitrogens with zero attached hydrogens (tertiary/aromatic N) is 1. The minimum Gasteiger partial charge on any atom is -0.407 e. The van der Waals surface area contributed by atoms with Crippen molar-refractivity contribution in [2.45, 2.75) is 33.6 Å². The molecular weight excluding hydrogens is 246 g/mol. The summed E-state index contributed by atoms with van der Waals surface area (Å²) < 4.78 is 5.97. The molecule has 0 atom stereocenters. The highest BCUT2D eigenvalue weighted by molar-refractivity contribution is 5.88. The van der Waals surface area contributed by atoms with Crippen LogP contribution in [0.1, 0.15) is 38.4 Å². The molecule has 0 saturated heterocycles. The van der Waals surface area contributed by atoms with E-state index in [1.54, 1.807) is 38.1 Å². The lowest BCUT2D eigenvalue weighted by atomic mass is 10.3. The van der Waals surface area contributed by atoms with Crippen molar-refractivity contribution in [3.05, 3.63) is 34.8 Å². The third-order valence-corrected chi connectivity index (χ3v) is 2.54.